The number of fused-ring (bicyclic) bond motifs is 1. The number of esters is 1. The van der Waals surface area contributed by atoms with E-state index < -0.39 is 17.7 Å². The van der Waals surface area contributed by atoms with Gasteiger partial charge in [0.1, 0.15) is 0 Å². The Morgan fingerprint density at radius 3 is 2.85 bits per heavy atom. The molecule has 20 heavy (non-hydrogen) atoms. The van der Waals surface area contributed by atoms with Crippen molar-refractivity contribution in [3.05, 3.63) is 34.3 Å². The first-order valence-electron chi connectivity index (χ1n) is 6.58. The molecule has 5 heteroatoms. The molecule has 106 valence electrons. The zero-order valence-corrected chi connectivity index (χ0v) is 11.9. The molecule has 0 spiro atoms. The number of ether oxygens (including phenoxy) is 1. The zero-order chi connectivity index (χ0) is 14.7. The monoisotopic (exact) mass is 294 g/mol. The fourth-order valence-corrected chi connectivity index (χ4v) is 2.71. The van der Waals surface area contributed by atoms with Gasteiger partial charge in [-0.2, -0.15) is 0 Å². The molecule has 0 aliphatic heterocycles. The summed E-state index contributed by atoms with van der Waals surface area (Å²) in [5, 5.41) is 0.528. The van der Waals surface area contributed by atoms with Crippen LogP contribution in [-0.4, -0.2) is 24.1 Å². The Morgan fingerprint density at radius 1 is 1.40 bits per heavy atom. The van der Waals surface area contributed by atoms with Gasteiger partial charge in [-0.15, -0.1) is 0 Å². The normalized spacial score (nSPS) is 18.1. The molecule has 0 saturated carbocycles. The molecule has 0 bridgehead atoms. The van der Waals surface area contributed by atoms with Crippen LogP contribution in [0.5, 0.6) is 0 Å². The topological polar surface area (TPSA) is 60.4 Å². The number of halogens is 1. The second kappa shape index (κ2) is 6.18. The average molecular weight is 295 g/mol. The van der Waals surface area contributed by atoms with Crippen LogP contribution >= 0.6 is 11.6 Å². The van der Waals surface area contributed by atoms with E-state index in [1.165, 1.54) is 0 Å². The molecular weight excluding hydrogens is 280 g/mol. The van der Waals surface area contributed by atoms with Crippen molar-refractivity contribution < 1.29 is 19.1 Å². The minimum atomic E-state index is -0.950. The van der Waals surface area contributed by atoms with Gasteiger partial charge in [0, 0.05) is 10.6 Å². The maximum Gasteiger partial charge on any atom is 0.375 e. The molecule has 1 atom stereocenters. The third-order valence-corrected chi connectivity index (χ3v) is 3.77. The number of carbonyl (C=O) groups excluding carboxylic acids is 3. The smallest absolute Gasteiger partial charge is 0.375 e. The van der Waals surface area contributed by atoms with Crippen molar-refractivity contribution >= 4 is 29.1 Å². The van der Waals surface area contributed by atoms with Crippen LogP contribution in [-0.2, 0) is 20.7 Å². The Hall–Kier alpha value is -1.68. The number of hydrogen-bond donors (Lipinski definition) is 0. The molecule has 1 aromatic rings. The molecule has 4 nitrogen and oxygen atoms in total. The van der Waals surface area contributed by atoms with E-state index in [9.17, 15) is 14.4 Å². The van der Waals surface area contributed by atoms with Crippen molar-refractivity contribution in [3.8, 4) is 0 Å². The third kappa shape index (κ3) is 2.75. The summed E-state index contributed by atoms with van der Waals surface area (Å²) in [7, 11) is 0. The first-order chi connectivity index (χ1) is 9.56. The molecule has 0 radical (unpaired) electrons. The maximum absolute atomic E-state index is 12.5. The molecule has 1 aromatic carbocycles. The molecule has 0 N–H and O–H groups in total. The van der Waals surface area contributed by atoms with Gasteiger partial charge in [-0.3, -0.25) is 9.59 Å². The number of Topliss-reactive ketones (excluding diaryl/α,β-unsaturated/α-hetero) is 2. The Balaban J connectivity index is 2.32. The molecule has 1 aliphatic carbocycles. The molecule has 0 fully saturated rings. The Bertz CT molecular complexity index is 565. The third-order valence-electron chi connectivity index (χ3n) is 3.41. The van der Waals surface area contributed by atoms with Crippen molar-refractivity contribution in [3.63, 3.8) is 0 Å². The van der Waals surface area contributed by atoms with Gasteiger partial charge in [0.25, 0.3) is 5.78 Å². The number of benzene rings is 1. The van der Waals surface area contributed by atoms with E-state index >= 15 is 0 Å². The molecular formula is C15H15ClO4. The van der Waals surface area contributed by atoms with E-state index in [4.69, 9.17) is 16.3 Å². The number of rotatable bonds is 3. The van der Waals surface area contributed by atoms with Crippen LogP contribution in [0, 0.1) is 5.92 Å². The summed E-state index contributed by atoms with van der Waals surface area (Å²) in [6.07, 6.45) is 1.62. The van der Waals surface area contributed by atoms with Gasteiger partial charge in [-0.25, -0.2) is 4.79 Å². The molecule has 0 aromatic heterocycles. The summed E-state index contributed by atoms with van der Waals surface area (Å²) in [4.78, 5) is 36.0. The fraction of sp³-hybridized carbons (Fsp3) is 0.400. The molecule has 1 unspecified atom stereocenters. The second-order valence-corrected chi connectivity index (χ2v) is 5.07. The molecule has 0 amide bonds. The van der Waals surface area contributed by atoms with Crippen LogP contribution in [0.3, 0.4) is 0 Å². The van der Waals surface area contributed by atoms with E-state index in [1.54, 1.807) is 25.1 Å². The molecule has 0 heterocycles. The lowest BCUT2D eigenvalue weighted by molar-refractivity contribution is -0.154. The first kappa shape index (κ1) is 14.7. The van der Waals surface area contributed by atoms with Crippen LogP contribution in [0.1, 0.15) is 35.7 Å². The summed E-state index contributed by atoms with van der Waals surface area (Å²) in [6.45, 7) is 1.74. The van der Waals surface area contributed by atoms with E-state index in [-0.39, 0.29) is 12.4 Å². The van der Waals surface area contributed by atoms with Crippen molar-refractivity contribution in [1.29, 1.82) is 0 Å². The Morgan fingerprint density at radius 2 is 2.15 bits per heavy atom. The molecule has 1 aliphatic rings. The van der Waals surface area contributed by atoms with Crippen LogP contribution in [0.2, 0.25) is 5.02 Å². The van der Waals surface area contributed by atoms with Gasteiger partial charge < -0.3 is 4.74 Å². The summed E-state index contributed by atoms with van der Waals surface area (Å²) in [5.41, 5.74) is 1.20. The van der Waals surface area contributed by atoms with Crippen molar-refractivity contribution in [2.45, 2.75) is 26.2 Å². The van der Waals surface area contributed by atoms with Crippen molar-refractivity contribution in [2.24, 2.45) is 5.92 Å². The summed E-state index contributed by atoms with van der Waals surface area (Å²) >= 11 is 6.09. The van der Waals surface area contributed by atoms with Crippen LogP contribution < -0.4 is 0 Å². The van der Waals surface area contributed by atoms with Gasteiger partial charge in [0.2, 0.25) is 0 Å². The summed E-state index contributed by atoms with van der Waals surface area (Å²) in [5.74, 6) is -2.98. The minimum Gasteiger partial charge on any atom is -0.460 e. The Kier molecular flexibility index (Phi) is 4.55. The van der Waals surface area contributed by atoms with Crippen LogP contribution in [0.25, 0.3) is 0 Å². The lowest BCUT2D eigenvalue weighted by atomic mass is 9.91. The van der Waals surface area contributed by atoms with Gasteiger partial charge in [0.15, 0.2) is 5.78 Å². The second-order valence-electron chi connectivity index (χ2n) is 4.66. The van der Waals surface area contributed by atoms with Gasteiger partial charge >= 0.3 is 5.97 Å². The number of ketones is 2. The number of carbonyl (C=O) groups is 3. The van der Waals surface area contributed by atoms with Crippen molar-refractivity contribution in [2.75, 3.05) is 6.61 Å². The van der Waals surface area contributed by atoms with Gasteiger partial charge in [-0.05, 0) is 37.8 Å². The quantitative estimate of drug-likeness (QED) is 0.372. The predicted molar refractivity (Wildman–Crippen MR) is 73.9 cm³/mol. The van der Waals surface area contributed by atoms with Gasteiger partial charge in [-0.1, -0.05) is 23.7 Å². The maximum atomic E-state index is 12.5. The van der Waals surface area contributed by atoms with E-state index in [1.807, 2.05) is 0 Å². The highest BCUT2D eigenvalue weighted by Crippen LogP contribution is 2.30. The zero-order valence-electron chi connectivity index (χ0n) is 11.1. The van der Waals surface area contributed by atoms with Crippen molar-refractivity contribution in [1.82, 2.24) is 0 Å². The highest BCUT2D eigenvalue weighted by Gasteiger charge is 2.35. The standard InChI is InChI=1S/C15H15ClO4/c1-2-20-15(19)14(18)11-7-3-5-9-10(13(11)17)6-4-8-12(9)16/h4,6,8,11H,2-3,5,7H2,1H3. The van der Waals surface area contributed by atoms with Crippen LogP contribution in [0.4, 0.5) is 0 Å². The summed E-state index contributed by atoms with van der Waals surface area (Å²) in [6, 6.07) is 5.05. The largest absolute Gasteiger partial charge is 0.460 e. The highest BCUT2D eigenvalue weighted by atomic mass is 35.5. The predicted octanol–water partition coefficient (Wildman–Crippen LogP) is 2.61. The minimum absolute atomic E-state index is 0.119. The highest BCUT2D eigenvalue weighted by molar-refractivity contribution is 6.40. The summed E-state index contributed by atoms with van der Waals surface area (Å²) < 4.78 is 4.69. The van der Waals surface area contributed by atoms with Crippen LogP contribution in [0.15, 0.2) is 18.2 Å². The fourth-order valence-electron chi connectivity index (χ4n) is 2.44. The van der Waals surface area contributed by atoms with E-state index in [2.05, 4.69) is 0 Å². The van der Waals surface area contributed by atoms with Gasteiger partial charge in [0.05, 0.1) is 12.5 Å². The Labute approximate surface area is 122 Å². The SMILES string of the molecule is CCOC(=O)C(=O)C1CCCc2c(Cl)cccc2C1=O. The average Bonchev–Trinajstić information content (AvgIpc) is 2.59. The first-order valence-corrected chi connectivity index (χ1v) is 6.96. The number of hydrogen-bond acceptors (Lipinski definition) is 4. The van der Waals surface area contributed by atoms with E-state index in [0.717, 1.165) is 5.56 Å². The molecule has 2 rings (SSSR count). The molecule has 0 saturated heterocycles. The van der Waals surface area contributed by atoms with E-state index in [0.29, 0.717) is 29.8 Å². The lowest BCUT2D eigenvalue weighted by Gasteiger charge is -2.11. The lowest BCUT2D eigenvalue weighted by Crippen LogP contribution is -2.31.